The van der Waals surface area contributed by atoms with Gasteiger partial charge in [0, 0.05) is 12.5 Å². The van der Waals surface area contributed by atoms with Gasteiger partial charge in [0.05, 0.1) is 5.71 Å². The summed E-state index contributed by atoms with van der Waals surface area (Å²) in [4.78, 5) is 0. The van der Waals surface area contributed by atoms with Crippen molar-refractivity contribution in [1.82, 2.24) is 5.01 Å². The molecule has 0 aliphatic carbocycles. The van der Waals surface area contributed by atoms with Crippen molar-refractivity contribution < 1.29 is 0 Å². The van der Waals surface area contributed by atoms with Gasteiger partial charge in [-0.1, -0.05) is 68.2 Å². The number of hydrazone groups is 1. The molecule has 0 spiro atoms. The van der Waals surface area contributed by atoms with Crippen molar-refractivity contribution in [3.63, 3.8) is 0 Å². The van der Waals surface area contributed by atoms with Gasteiger partial charge in [-0.3, -0.25) is 5.01 Å². The Balaban J connectivity index is 3.38. The normalized spacial score (nSPS) is 11.6. The third-order valence-corrected chi connectivity index (χ3v) is 4.45. The number of allylic oxidation sites excluding steroid dienone is 1. The standard InChI is InChI=1S/C18H24N2S2/c1-14(2)12-13-18(3,4)16(15-10-8-7-9-11-15)19-20(5)17(21)22-6/h7-11,13H,1-6H3/b19-16+. The van der Waals surface area contributed by atoms with E-state index >= 15 is 0 Å². The molecule has 1 aromatic rings. The van der Waals surface area contributed by atoms with E-state index < -0.39 is 0 Å². The summed E-state index contributed by atoms with van der Waals surface area (Å²) in [6.45, 7) is 8.37. The van der Waals surface area contributed by atoms with Gasteiger partial charge in [0.2, 0.25) is 0 Å². The number of thioether (sulfide) groups is 1. The van der Waals surface area contributed by atoms with Crippen LogP contribution in [-0.4, -0.2) is 28.3 Å². The fraction of sp³-hybridized carbons (Fsp3) is 0.389. The lowest BCUT2D eigenvalue weighted by Gasteiger charge is -2.25. The van der Waals surface area contributed by atoms with E-state index in [9.17, 15) is 0 Å². The lowest BCUT2D eigenvalue weighted by Crippen LogP contribution is -2.28. The highest BCUT2D eigenvalue weighted by Gasteiger charge is 2.25. The van der Waals surface area contributed by atoms with Crippen molar-refractivity contribution in [3.8, 4) is 0 Å². The summed E-state index contributed by atoms with van der Waals surface area (Å²) in [7, 11) is 1.89. The first-order chi connectivity index (χ1) is 10.3. The number of hydrogen-bond acceptors (Lipinski definition) is 3. The van der Waals surface area contributed by atoms with E-state index in [1.54, 1.807) is 5.01 Å². The van der Waals surface area contributed by atoms with Crippen molar-refractivity contribution >= 4 is 34.0 Å². The monoisotopic (exact) mass is 332 g/mol. The van der Waals surface area contributed by atoms with Crippen LogP contribution in [0.4, 0.5) is 0 Å². The molecule has 0 aliphatic heterocycles. The maximum absolute atomic E-state index is 5.33. The molecule has 0 radical (unpaired) electrons. The highest BCUT2D eigenvalue weighted by atomic mass is 32.2. The van der Waals surface area contributed by atoms with Gasteiger partial charge < -0.3 is 0 Å². The van der Waals surface area contributed by atoms with Gasteiger partial charge in [-0.15, -0.1) is 5.73 Å². The summed E-state index contributed by atoms with van der Waals surface area (Å²) in [5, 5.41) is 6.54. The van der Waals surface area contributed by atoms with Crippen LogP contribution in [0.5, 0.6) is 0 Å². The van der Waals surface area contributed by atoms with Crippen LogP contribution in [0.1, 0.15) is 33.3 Å². The van der Waals surface area contributed by atoms with Gasteiger partial charge in [-0.25, -0.2) is 0 Å². The van der Waals surface area contributed by atoms with Crippen LogP contribution >= 0.6 is 24.0 Å². The molecule has 22 heavy (non-hydrogen) atoms. The Hall–Kier alpha value is -1.35. The van der Waals surface area contributed by atoms with E-state index in [2.05, 4.69) is 37.8 Å². The minimum absolute atomic E-state index is 0.249. The number of thiocarbonyl (C=S) groups is 1. The van der Waals surface area contributed by atoms with Crippen LogP contribution in [0.2, 0.25) is 0 Å². The zero-order valence-corrected chi connectivity index (χ0v) is 15.8. The highest BCUT2D eigenvalue weighted by molar-refractivity contribution is 8.22. The minimum Gasteiger partial charge on any atom is -0.252 e. The molecule has 4 heteroatoms. The van der Waals surface area contributed by atoms with Crippen LogP contribution in [0, 0.1) is 5.41 Å². The van der Waals surface area contributed by atoms with Gasteiger partial charge in [-0.05, 0) is 37.3 Å². The van der Waals surface area contributed by atoms with Crippen molar-refractivity contribution in [2.75, 3.05) is 13.3 Å². The lowest BCUT2D eigenvalue weighted by atomic mass is 9.83. The summed E-state index contributed by atoms with van der Waals surface area (Å²) < 4.78 is 0.746. The molecular weight excluding hydrogens is 308 g/mol. The Morgan fingerprint density at radius 2 is 1.86 bits per heavy atom. The third kappa shape index (κ3) is 5.45. The Bertz CT molecular complexity index is 605. The van der Waals surface area contributed by atoms with E-state index in [1.807, 2.05) is 45.4 Å². The van der Waals surface area contributed by atoms with Crippen molar-refractivity contribution in [2.24, 2.45) is 10.5 Å². The zero-order chi connectivity index (χ0) is 16.8. The zero-order valence-electron chi connectivity index (χ0n) is 14.2. The summed E-state index contributed by atoms with van der Waals surface area (Å²) in [6, 6.07) is 10.2. The van der Waals surface area contributed by atoms with E-state index in [4.69, 9.17) is 17.3 Å². The molecular formula is C18H24N2S2. The van der Waals surface area contributed by atoms with Gasteiger partial charge >= 0.3 is 0 Å². The molecule has 0 N–H and O–H groups in total. The third-order valence-electron chi connectivity index (χ3n) is 3.07. The fourth-order valence-electron chi connectivity index (χ4n) is 1.87. The summed E-state index contributed by atoms with van der Waals surface area (Å²) in [5.41, 5.74) is 6.27. The largest absolute Gasteiger partial charge is 0.252 e. The minimum atomic E-state index is -0.249. The maximum Gasteiger partial charge on any atom is 0.156 e. The van der Waals surface area contributed by atoms with Crippen LogP contribution in [0.15, 0.2) is 52.8 Å². The fourth-order valence-corrected chi connectivity index (χ4v) is 2.22. The molecule has 0 saturated carbocycles. The van der Waals surface area contributed by atoms with Crippen LogP contribution in [0.25, 0.3) is 0 Å². The average molecular weight is 333 g/mol. The molecule has 0 unspecified atom stereocenters. The maximum atomic E-state index is 5.33. The second-order valence-electron chi connectivity index (χ2n) is 5.82. The average Bonchev–Trinajstić information content (AvgIpc) is 2.50. The molecule has 0 aliphatic rings. The molecule has 2 nitrogen and oxygen atoms in total. The number of hydrogen-bond donors (Lipinski definition) is 0. The Kier molecular flexibility index (Phi) is 7.08. The van der Waals surface area contributed by atoms with E-state index in [-0.39, 0.29) is 5.41 Å². The Morgan fingerprint density at radius 3 is 2.36 bits per heavy atom. The van der Waals surface area contributed by atoms with Crippen molar-refractivity contribution in [1.29, 1.82) is 0 Å². The van der Waals surface area contributed by atoms with Crippen molar-refractivity contribution in [2.45, 2.75) is 27.7 Å². The molecule has 0 atom stereocenters. The van der Waals surface area contributed by atoms with Gasteiger partial charge in [-0.2, -0.15) is 5.10 Å². The molecule has 0 heterocycles. The van der Waals surface area contributed by atoms with Gasteiger partial charge in [0.15, 0.2) is 4.32 Å². The molecule has 0 fully saturated rings. The van der Waals surface area contributed by atoms with Gasteiger partial charge in [0.1, 0.15) is 0 Å². The highest BCUT2D eigenvalue weighted by Crippen LogP contribution is 2.25. The van der Waals surface area contributed by atoms with E-state index in [0.29, 0.717) is 0 Å². The molecule has 0 aromatic heterocycles. The SMILES string of the molecule is CSC(=S)N(C)/N=C(\c1ccccc1)C(C)(C)C=C=C(C)C. The molecule has 0 saturated heterocycles. The van der Waals surface area contributed by atoms with Crippen LogP contribution < -0.4 is 0 Å². The first-order valence-corrected chi connectivity index (χ1v) is 8.78. The van der Waals surface area contributed by atoms with Crippen molar-refractivity contribution in [3.05, 3.63) is 53.3 Å². The predicted molar refractivity (Wildman–Crippen MR) is 104 cm³/mol. The second-order valence-corrected chi connectivity index (χ2v) is 7.26. The number of nitrogens with zero attached hydrogens (tertiary/aromatic N) is 2. The predicted octanol–water partition coefficient (Wildman–Crippen LogP) is 5.12. The quantitative estimate of drug-likeness (QED) is 0.329. The van der Waals surface area contributed by atoms with E-state index in [0.717, 1.165) is 21.2 Å². The topological polar surface area (TPSA) is 15.6 Å². The smallest absolute Gasteiger partial charge is 0.156 e. The van der Waals surface area contributed by atoms with Crippen LogP contribution in [0.3, 0.4) is 0 Å². The summed E-state index contributed by atoms with van der Waals surface area (Å²) in [6.07, 6.45) is 4.04. The summed E-state index contributed by atoms with van der Waals surface area (Å²) >= 11 is 6.85. The number of rotatable bonds is 4. The second kappa shape index (κ2) is 8.33. The lowest BCUT2D eigenvalue weighted by molar-refractivity contribution is 0.544. The first-order valence-electron chi connectivity index (χ1n) is 7.15. The first kappa shape index (κ1) is 18.7. The summed E-state index contributed by atoms with van der Waals surface area (Å²) in [5.74, 6) is 0. The Labute approximate surface area is 144 Å². The molecule has 118 valence electrons. The molecule has 1 rings (SSSR count). The van der Waals surface area contributed by atoms with Crippen LogP contribution in [-0.2, 0) is 0 Å². The molecule has 0 bridgehead atoms. The van der Waals surface area contributed by atoms with E-state index in [1.165, 1.54) is 11.8 Å². The molecule has 1 aromatic carbocycles. The number of benzene rings is 1. The Morgan fingerprint density at radius 1 is 1.27 bits per heavy atom. The van der Waals surface area contributed by atoms with Gasteiger partial charge in [0.25, 0.3) is 0 Å². The molecule has 0 amide bonds.